The number of nitrogens with one attached hydrogen (secondary N) is 1. The molecule has 0 unspecified atom stereocenters. The van der Waals surface area contributed by atoms with Gasteiger partial charge in [-0.3, -0.25) is 4.79 Å². The minimum absolute atomic E-state index is 0.0547. The number of carbonyl (C=O) groups excluding carboxylic acids is 1. The third kappa shape index (κ3) is 7.82. The molecule has 234 valence electrons. The summed E-state index contributed by atoms with van der Waals surface area (Å²) in [5, 5.41) is 13.1. The van der Waals surface area contributed by atoms with Gasteiger partial charge in [0.25, 0.3) is 5.91 Å². The Bertz CT molecular complexity index is 1650. The fourth-order valence-corrected chi connectivity index (χ4v) is 6.10. The molecular formula is C35H33BrCl2N2O5. The Morgan fingerprint density at radius 3 is 2.44 bits per heavy atom. The van der Waals surface area contributed by atoms with Gasteiger partial charge in [0.05, 0.1) is 13.7 Å². The Kier molecular flexibility index (Phi) is 11.0. The van der Waals surface area contributed by atoms with Crippen molar-refractivity contribution >= 4 is 50.9 Å². The van der Waals surface area contributed by atoms with E-state index in [2.05, 4.69) is 21.2 Å². The molecule has 0 radical (unpaired) electrons. The van der Waals surface area contributed by atoms with Crippen LogP contribution in [0.15, 0.2) is 100 Å². The number of aliphatic imine (C=N–C) groups is 1. The number of benzene rings is 4. The van der Waals surface area contributed by atoms with Crippen molar-refractivity contribution < 1.29 is 24.1 Å². The van der Waals surface area contributed by atoms with Crippen molar-refractivity contribution in [2.24, 2.45) is 4.99 Å². The predicted molar refractivity (Wildman–Crippen MR) is 181 cm³/mol. The average molecular weight is 712 g/mol. The lowest BCUT2D eigenvalue weighted by Crippen LogP contribution is -2.50. The molecule has 1 amide bonds. The first-order valence-electron chi connectivity index (χ1n) is 14.5. The van der Waals surface area contributed by atoms with Crippen LogP contribution >= 0.6 is 39.1 Å². The molecule has 2 N–H and O–H groups in total. The van der Waals surface area contributed by atoms with Crippen molar-refractivity contribution in [3.8, 4) is 11.5 Å². The molecule has 1 heterocycles. The lowest BCUT2D eigenvalue weighted by molar-refractivity contribution is -0.128. The van der Waals surface area contributed by atoms with Crippen molar-refractivity contribution in [3.63, 3.8) is 0 Å². The summed E-state index contributed by atoms with van der Waals surface area (Å²) in [5.74, 6) is 1.44. The topological polar surface area (TPSA) is 89.4 Å². The van der Waals surface area contributed by atoms with Gasteiger partial charge in [-0.1, -0.05) is 75.5 Å². The second kappa shape index (κ2) is 15.1. The van der Waals surface area contributed by atoms with E-state index in [4.69, 9.17) is 47.5 Å². The summed E-state index contributed by atoms with van der Waals surface area (Å²) >= 11 is 16.7. The Labute approximate surface area is 281 Å². The van der Waals surface area contributed by atoms with Gasteiger partial charge in [0, 0.05) is 51.6 Å². The van der Waals surface area contributed by atoms with E-state index in [1.807, 2.05) is 72.8 Å². The maximum atomic E-state index is 14.5. The highest BCUT2D eigenvalue weighted by atomic mass is 79.9. The van der Waals surface area contributed by atoms with Crippen LogP contribution in [0.25, 0.3) is 0 Å². The van der Waals surface area contributed by atoms with Gasteiger partial charge in [-0.05, 0) is 72.1 Å². The van der Waals surface area contributed by atoms with Crippen LogP contribution in [0.3, 0.4) is 0 Å². The molecule has 0 aromatic heterocycles. The van der Waals surface area contributed by atoms with Crippen molar-refractivity contribution in [2.45, 2.75) is 30.9 Å². The zero-order valence-corrected chi connectivity index (χ0v) is 27.7. The number of nitrogens with zero attached hydrogens (tertiary/aromatic N) is 1. The molecule has 7 nitrogen and oxygen atoms in total. The van der Waals surface area contributed by atoms with Crippen LogP contribution in [0.1, 0.15) is 34.8 Å². The van der Waals surface area contributed by atoms with Gasteiger partial charge in [0.2, 0.25) is 5.90 Å². The molecule has 0 spiro atoms. The van der Waals surface area contributed by atoms with Crippen LogP contribution in [-0.4, -0.2) is 49.3 Å². The van der Waals surface area contributed by atoms with E-state index >= 15 is 0 Å². The fraction of sp³-hybridized carbons (Fsp3) is 0.257. The van der Waals surface area contributed by atoms with Gasteiger partial charge >= 0.3 is 0 Å². The van der Waals surface area contributed by atoms with Crippen molar-refractivity contribution in [3.05, 3.63) is 128 Å². The maximum absolute atomic E-state index is 14.5. The monoisotopic (exact) mass is 710 g/mol. The number of methoxy groups -OCH3 is 1. The summed E-state index contributed by atoms with van der Waals surface area (Å²) in [6.45, 7) is 0.837. The zero-order valence-electron chi connectivity index (χ0n) is 24.6. The number of aliphatic hydroxyl groups excluding tert-OH is 1. The number of halogens is 3. The second-order valence-corrected chi connectivity index (χ2v) is 12.3. The third-order valence-electron chi connectivity index (χ3n) is 7.55. The Morgan fingerprint density at radius 1 is 1.02 bits per heavy atom. The smallest absolute Gasteiger partial charge is 0.252 e. The number of carbonyl (C=O) groups is 1. The molecule has 0 fully saturated rings. The van der Waals surface area contributed by atoms with Gasteiger partial charge in [-0.25, -0.2) is 4.99 Å². The molecule has 0 saturated carbocycles. The summed E-state index contributed by atoms with van der Waals surface area (Å²) < 4.78 is 18.4. The number of amides is 1. The van der Waals surface area contributed by atoms with E-state index in [0.717, 1.165) is 21.3 Å². The molecular weight excluding hydrogens is 679 g/mol. The van der Waals surface area contributed by atoms with Crippen LogP contribution in [-0.2, 0) is 22.4 Å². The van der Waals surface area contributed by atoms with Crippen LogP contribution in [0.2, 0.25) is 10.0 Å². The van der Waals surface area contributed by atoms with E-state index in [9.17, 15) is 4.79 Å². The first-order chi connectivity index (χ1) is 21.8. The molecule has 1 aliphatic rings. The van der Waals surface area contributed by atoms with Crippen LogP contribution in [0.4, 0.5) is 0 Å². The van der Waals surface area contributed by atoms with Crippen molar-refractivity contribution in [2.75, 3.05) is 26.9 Å². The highest BCUT2D eigenvalue weighted by molar-refractivity contribution is 9.10. The Morgan fingerprint density at radius 2 is 1.76 bits per heavy atom. The maximum Gasteiger partial charge on any atom is 0.252 e. The second-order valence-electron chi connectivity index (χ2n) is 10.6. The standard InChI is InChI=1S/C35H33BrCl2N2O5/c1-43-27-12-7-23(8-13-27)17-18-39-34(42)35(22-25-5-2-3-6-30(25)36)32(29-16-11-26(37)21-31(29)38)45-33(40-35)24-9-14-28(15-10-24)44-20-4-19-41/h2-3,5-16,21,32,41H,4,17-20,22H2,1H3,(H,39,42)/t32-,35-/m1/s1. The molecule has 4 aromatic rings. The lowest BCUT2D eigenvalue weighted by Gasteiger charge is -2.31. The van der Waals surface area contributed by atoms with Gasteiger partial charge in [0.15, 0.2) is 11.6 Å². The minimum Gasteiger partial charge on any atom is -0.497 e. The largest absolute Gasteiger partial charge is 0.497 e. The van der Waals surface area contributed by atoms with Crippen molar-refractivity contribution in [1.29, 1.82) is 0 Å². The van der Waals surface area contributed by atoms with Crippen LogP contribution < -0.4 is 14.8 Å². The number of ether oxygens (including phenoxy) is 3. The zero-order chi connectivity index (χ0) is 31.8. The number of hydrogen-bond donors (Lipinski definition) is 2. The summed E-state index contributed by atoms with van der Waals surface area (Å²) in [4.78, 5) is 19.6. The van der Waals surface area contributed by atoms with E-state index in [1.165, 1.54) is 0 Å². The van der Waals surface area contributed by atoms with Gasteiger partial charge in [-0.15, -0.1) is 0 Å². The SMILES string of the molecule is COc1ccc(CCNC(=O)[C@]2(Cc3ccccc3Br)N=C(c3ccc(OCCCO)cc3)O[C@@H]2c2ccc(Cl)cc2Cl)cc1. The molecule has 0 aliphatic carbocycles. The molecule has 2 atom stereocenters. The molecule has 45 heavy (non-hydrogen) atoms. The van der Waals surface area contributed by atoms with E-state index in [0.29, 0.717) is 58.8 Å². The fourth-order valence-electron chi connectivity index (χ4n) is 5.17. The van der Waals surface area contributed by atoms with E-state index in [1.54, 1.807) is 25.3 Å². The Balaban J connectivity index is 1.53. The van der Waals surface area contributed by atoms with E-state index < -0.39 is 11.6 Å². The van der Waals surface area contributed by atoms with Gasteiger partial charge in [-0.2, -0.15) is 0 Å². The Hall–Kier alpha value is -3.56. The molecule has 0 bridgehead atoms. The predicted octanol–water partition coefficient (Wildman–Crippen LogP) is 7.38. The average Bonchev–Trinajstić information content (AvgIpc) is 3.43. The number of rotatable bonds is 13. The number of hydrogen-bond acceptors (Lipinski definition) is 6. The molecule has 10 heteroatoms. The first-order valence-corrected chi connectivity index (χ1v) is 16.1. The van der Waals surface area contributed by atoms with Crippen LogP contribution in [0.5, 0.6) is 11.5 Å². The molecule has 1 aliphatic heterocycles. The quantitative estimate of drug-likeness (QED) is 0.141. The summed E-state index contributed by atoms with van der Waals surface area (Å²) in [5.41, 5.74) is 1.81. The highest BCUT2D eigenvalue weighted by Crippen LogP contribution is 2.45. The van der Waals surface area contributed by atoms with Crippen molar-refractivity contribution in [1.82, 2.24) is 5.32 Å². The third-order valence-corrected chi connectivity index (χ3v) is 8.89. The highest BCUT2D eigenvalue weighted by Gasteiger charge is 2.54. The molecule has 0 saturated heterocycles. The van der Waals surface area contributed by atoms with Gasteiger partial charge in [0.1, 0.15) is 11.5 Å². The number of aliphatic hydroxyl groups is 1. The molecule has 4 aromatic carbocycles. The van der Waals surface area contributed by atoms with E-state index in [-0.39, 0.29) is 18.9 Å². The van der Waals surface area contributed by atoms with Crippen LogP contribution in [0, 0.1) is 0 Å². The molecule has 5 rings (SSSR count). The summed E-state index contributed by atoms with van der Waals surface area (Å²) in [6, 6.07) is 27.9. The van der Waals surface area contributed by atoms with Gasteiger partial charge < -0.3 is 24.6 Å². The minimum atomic E-state index is -1.41. The lowest BCUT2D eigenvalue weighted by atomic mass is 9.82. The first kappa shape index (κ1) is 32.8. The normalized spacial score (nSPS) is 17.4. The summed E-state index contributed by atoms with van der Waals surface area (Å²) in [7, 11) is 1.63. The summed E-state index contributed by atoms with van der Waals surface area (Å²) in [6.07, 6.45) is 0.526.